The minimum Gasteiger partial charge on any atom is -0.316 e. The molecule has 0 bridgehead atoms. The zero-order chi connectivity index (χ0) is 15.3. The molecule has 0 spiro atoms. The molecule has 2 N–H and O–H groups in total. The first-order chi connectivity index (χ1) is 10.0. The number of sulfonamides is 1. The average Bonchev–Trinajstić information content (AvgIpc) is 2.69. The van der Waals surface area contributed by atoms with Crippen LogP contribution in [0.25, 0.3) is 0 Å². The SMILES string of the molecule is CNCc1cc(S(=O)(=O)NC2CCCCCC2)ccc1Cl. The van der Waals surface area contributed by atoms with Gasteiger partial charge in [-0.2, -0.15) is 0 Å². The number of nitrogens with one attached hydrogen (secondary N) is 2. The lowest BCUT2D eigenvalue weighted by molar-refractivity contribution is 0.510. The quantitative estimate of drug-likeness (QED) is 0.816. The van der Waals surface area contributed by atoms with Gasteiger partial charge in [-0.1, -0.05) is 37.3 Å². The molecular weight excluding hydrogens is 308 g/mol. The van der Waals surface area contributed by atoms with E-state index in [-0.39, 0.29) is 6.04 Å². The van der Waals surface area contributed by atoms with Crippen molar-refractivity contribution in [1.29, 1.82) is 0 Å². The summed E-state index contributed by atoms with van der Waals surface area (Å²) in [4.78, 5) is 0.293. The Kier molecular flexibility index (Phi) is 6.05. The molecule has 118 valence electrons. The largest absolute Gasteiger partial charge is 0.316 e. The molecule has 0 aromatic heterocycles. The van der Waals surface area contributed by atoms with Crippen LogP contribution in [0, 0.1) is 0 Å². The molecule has 6 heteroatoms. The van der Waals surface area contributed by atoms with Crippen molar-refractivity contribution < 1.29 is 8.42 Å². The maximum atomic E-state index is 12.5. The zero-order valence-electron chi connectivity index (χ0n) is 12.4. The second kappa shape index (κ2) is 7.58. The summed E-state index contributed by atoms with van der Waals surface area (Å²) in [7, 11) is -1.66. The Morgan fingerprint density at radius 2 is 1.86 bits per heavy atom. The van der Waals surface area contributed by atoms with E-state index < -0.39 is 10.0 Å². The molecule has 0 atom stereocenters. The predicted molar refractivity (Wildman–Crippen MR) is 86.0 cm³/mol. The average molecular weight is 331 g/mol. The van der Waals surface area contributed by atoms with Gasteiger partial charge in [0.25, 0.3) is 0 Å². The molecule has 1 saturated carbocycles. The standard InChI is InChI=1S/C15H23ClN2O2S/c1-17-11-12-10-14(8-9-15(12)16)21(19,20)18-13-6-4-2-3-5-7-13/h8-10,13,17-18H,2-7,11H2,1H3. The van der Waals surface area contributed by atoms with E-state index in [4.69, 9.17) is 11.6 Å². The summed E-state index contributed by atoms with van der Waals surface area (Å²) in [6, 6.07) is 4.93. The molecule has 4 nitrogen and oxygen atoms in total. The minimum atomic E-state index is -3.47. The lowest BCUT2D eigenvalue weighted by Crippen LogP contribution is -2.34. The van der Waals surface area contributed by atoms with Crippen molar-refractivity contribution in [2.24, 2.45) is 0 Å². The first-order valence-corrected chi connectivity index (χ1v) is 9.34. The highest BCUT2D eigenvalue weighted by Crippen LogP contribution is 2.23. The van der Waals surface area contributed by atoms with Gasteiger partial charge in [0.15, 0.2) is 0 Å². The molecule has 1 aromatic rings. The van der Waals surface area contributed by atoms with Crippen LogP contribution in [0.3, 0.4) is 0 Å². The summed E-state index contributed by atoms with van der Waals surface area (Å²) in [5.74, 6) is 0. The van der Waals surface area contributed by atoms with Gasteiger partial charge in [-0.25, -0.2) is 13.1 Å². The second-order valence-corrected chi connectivity index (χ2v) is 7.71. The molecule has 0 amide bonds. The minimum absolute atomic E-state index is 0.0564. The smallest absolute Gasteiger partial charge is 0.240 e. The Morgan fingerprint density at radius 3 is 2.48 bits per heavy atom. The van der Waals surface area contributed by atoms with Crippen LogP contribution in [0.15, 0.2) is 23.1 Å². The highest BCUT2D eigenvalue weighted by molar-refractivity contribution is 7.89. The Morgan fingerprint density at radius 1 is 1.19 bits per heavy atom. The van der Waals surface area contributed by atoms with E-state index in [1.165, 1.54) is 12.8 Å². The van der Waals surface area contributed by atoms with Gasteiger partial charge in [-0.05, 0) is 43.7 Å². The van der Waals surface area contributed by atoms with E-state index in [0.29, 0.717) is 16.5 Å². The molecule has 1 aromatic carbocycles. The van der Waals surface area contributed by atoms with Crippen LogP contribution >= 0.6 is 11.6 Å². The summed E-state index contributed by atoms with van der Waals surface area (Å²) in [5, 5.41) is 3.57. The normalized spacial score (nSPS) is 17.6. The van der Waals surface area contributed by atoms with Crippen molar-refractivity contribution in [1.82, 2.24) is 10.0 Å². The van der Waals surface area contributed by atoms with Gasteiger partial charge < -0.3 is 5.32 Å². The van der Waals surface area contributed by atoms with Gasteiger partial charge in [-0.15, -0.1) is 0 Å². The zero-order valence-corrected chi connectivity index (χ0v) is 13.9. The van der Waals surface area contributed by atoms with Crippen molar-refractivity contribution in [3.63, 3.8) is 0 Å². The fraction of sp³-hybridized carbons (Fsp3) is 0.600. The highest BCUT2D eigenvalue weighted by atomic mass is 35.5. The van der Waals surface area contributed by atoms with E-state index in [1.54, 1.807) is 25.2 Å². The van der Waals surface area contributed by atoms with Crippen molar-refractivity contribution in [2.45, 2.75) is 56.0 Å². The number of hydrogen-bond acceptors (Lipinski definition) is 3. The van der Waals surface area contributed by atoms with Crippen LogP contribution < -0.4 is 10.0 Å². The van der Waals surface area contributed by atoms with E-state index in [9.17, 15) is 8.42 Å². The summed E-state index contributed by atoms with van der Waals surface area (Å²) in [5.41, 5.74) is 0.794. The summed E-state index contributed by atoms with van der Waals surface area (Å²) >= 11 is 6.08. The molecule has 1 fully saturated rings. The first-order valence-electron chi connectivity index (χ1n) is 7.48. The van der Waals surface area contributed by atoms with Crippen LogP contribution in [0.4, 0.5) is 0 Å². The molecule has 0 unspecified atom stereocenters. The van der Waals surface area contributed by atoms with E-state index in [1.807, 2.05) is 0 Å². The van der Waals surface area contributed by atoms with Crippen molar-refractivity contribution >= 4 is 21.6 Å². The molecule has 21 heavy (non-hydrogen) atoms. The van der Waals surface area contributed by atoms with Crippen LogP contribution in [-0.2, 0) is 16.6 Å². The summed E-state index contributed by atoms with van der Waals surface area (Å²) in [6.45, 7) is 0.547. The maximum absolute atomic E-state index is 12.5. The molecule has 2 rings (SSSR count). The van der Waals surface area contributed by atoms with Crippen LogP contribution in [0.5, 0.6) is 0 Å². The number of halogens is 1. The summed E-state index contributed by atoms with van der Waals surface area (Å²) < 4.78 is 27.9. The molecule has 1 aliphatic carbocycles. The van der Waals surface area contributed by atoms with Gasteiger partial charge in [0, 0.05) is 17.6 Å². The van der Waals surface area contributed by atoms with Crippen molar-refractivity contribution in [2.75, 3.05) is 7.05 Å². The number of benzene rings is 1. The van der Waals surface area contributed by atoms with Crippen LogP contribution in [0.1, 0.15) is 44.1 Å². The third-order valence-corrected chi connectivity index (χ3v) is 5.76. The number of rotatable bonds is 5. The van der Waals surface area contributed by atoms with Gasteiger partial charge in [0.2, 0.25) is 10.0 Å². The van der Waals surface area contributed by atoms with Gasteiger partial charge >= 0.3 is 0 Å². The third-order valence-electron chi connectivity index (χ3n) is 3.87. The van der Waals surface area contributed by atoms with Gasteiger partial charge in [0.05, 0.1) is 4.90 Å². The lowest BCUT2D eigenvalue weighted by atomic mass is 10.1. The lowest BCUT2D eigenvalue weighted by Gasteiger charge is -2.17. The Balaban J connectivity index is 2.16. The van der Waals surface area contributed by atoms with E-state index in [2.05, 4.69) is 10.0 Å². The van der Waals surface area contributed by atoms with Gasteiger partial charge in [0.1, 0.15) is 0 Å². The van der Waals surface area contributed by atoms with Crippen LogP contribution in [0.2, 0.25) is 5.02 Å². The van der Waals surface area contributed by atoms with Crippen molar-refractivity contribution in [3.8, 4) is 0 Å². The van der Waals surface area contributed by atoms with E-state index in [0.717, 1.165) is 31.2 Å². The Labute approximate surface area is 132 Å². The van der Waals surface area contributed by atoms with Crippen LogP contribution in [-0.4, -0.2) is 21.5 Å². The van der Waals surface area contributed by atoms with Gasteiger partial charge in [-0.3, -0.25) is 0 Å². The Bertz CT molecular complexity index is 567. The fourth-order valence-electron chi connectivity index (χ4n) is 2.73. The third kappa shape index (κ3) is 4.68. The highest BCUT2D eigenvalue weighted by Gasteiger charge is 2.21. The predicted octanol–water partition coefficient (Wildman–Crippen LogP) is 3.06. The molecule has 0 heterocycles. The Hall–Kier alpha value is -0.620. The van der Waals surface area contributed by atoms with E-state index >= 15 is 0 Å². The monoisotopic (exact) mass is 330 g/mol. The number of hydrogen-bond donors (Lipinski definition) is 2. The molecule has 1 aliphatic rings. The molecule has 0 aliphatic heterocycles. The maximum Gasteiger partial charge on any atom is 0.240 e. The summed E-state index contributed by atoms with van der Waals surface area (Å²) in [6.07, 6.45) is 6.45. The fourth-order valence-corrected chi connectivity index (χ4v) is 4.27. The second-order valence-electron chi connectivity index (χ2n) is 5.59. The molecular formula is C15H23ClN2O2S. The van der Waals surface area contributed by atoms with Crippen molar-refractivity contribution in [3.05, 3.63) is 28.8 Å². The first kappa shape index (κ1) is 16.7. The molecule has 0 saturated heterocycles. The molecule has 0 radical (unpaired) electrons. The topological polar surface area (TPSA) is 58.2 Å².